The summed E-state index contributed by atoms with van der Waals surface area (Å²) in [5, 5.41) is 9.65. The van der Waals surface area contributed by atoms with E-state index in [0.717, 1.165) is 6.42 Å². The van der Waals surface area contributed by atoms with E-state index >= 15 is 0 Å². The Morgan fingerprint density at radius 3 is 2.87 bits per heavy atom. The number of hydrogen-bond donors (Lipinski definition) is 1. The number of cyclic esters (lactones) is 1. The lowest BCUT2D eigenvalue weighted by Crippen LogP contribution is -2.28. The summed E-state index contributed by atoms with van der Waals surface area (Å²) in [7, 11) is 0. The average molecular weight is 214 g/mol. The quantitative estimate of drug-likeness (QED) is 0.439. The van der Waals surface area contributed by atoms with E-state index in [9.17, 15) is 9.90 Å². The molecule has 5 heteroatoms. The molecular weight excluding hydrogens is 200 g/mol. The number of esters is 1. The molecule has 0 aromatic rings. The van der Waals surface area contributed by atoms with Gasteiger partial charge in [-0.25, -0.2) is 0 Å². The molecule has 0 saturated carbocycles. The molecule has 0 spiro atoms. The van der Waals surface area contributed by atoms with Crippen molar-refractivity contribution in [3.05, 3.63) is 0 Å². The van der Waals surface area contributed by atoms with Gasteiger partial charge in [0, 0.05) is 6.42 Å². The third kappa shape index (κ3) is 1.75. The van der Waals surface area contributed by atoms with Gasteiger partial charge in [-0.3, -0.25) is 4.79 Å². The molecule has 0 aromatic heterocycles. The molecule has 15 heavy (non-hydrogen) atoms. The van der Waals surface area contributed by atoms with Crippen LogP contribution in [0, 0.1) is 0 Å². The number of rotatable bonds is 0. The number of fused-ring (bicyclic) bond motifs is 3. The molecule has 3 heterocycles. The second-order valence-electron chi connectivity index (χ2n) is 4.51. The van der Waals surface area contributed by atoms with Crippen LogP contribution in [0.25, 0.3) is 0 Å². The predicted octanol–water partition coefficient (Wildman–Crippen LogP) is -0.392. The van der Waals surface area contributed by atoms with E-state index in [4.69, 9.17) is 14.2 Å². The smallest absolute Gasteiger partial charge is 0.308 e. The summed E-state index contributed by atoms with van der Waals surface area (Å²) < 4.78 is 15.9. The van der Waals surface area contributed by atoms with Crippen molar-refractivity contribution in [2.45, 2.75) is 56.4 Å². The molecule has 6 atom stereocenters. The number of aliphatic hydroxyl groups is 1. The van der Waals surface area contributed by atoms with Crippen molar-refractivity contribution in [1.82, 2.24) is 0 Å². The first kappa shape index (κ1) is 9.57. The first-order valence-electron chi connectivity index (χ1n) is 5.33. The Morgan fingerprint density at radius 1 is 1.27 bits per heavy atom. The third-order valence-electron chi connectivity index (χ3n) is 3.16. The Bertz CT molecular complexity index is 292. The molecule has 0 amide bonds. The van der Waals surface area contributed by atoms with Crippen LogP contribution in [0.3, 0.4) is 0 Å². The number of carbonyl (C=O) groups excluding carboxylic acids is 1. The van der Waals surface area contributed by atoms with Crippen LogP contribution in [-0.2, 0) is 19.0 Å². The highest BCUT2D eigenvalue weighted by molar-refractivity contribution is 5.70. The van der Waals surface area contributed by atoms with Gasteiger partial charge in [0.25, 0.3) is 0 Å². The lowest BCUT2D eigenvalue weighted by atomic mass is 10.0. The summed E-state index contributed by atoms with van der Waals surface area (Å²) in [6.07, 6.45) is -0.171. The molecule has 3 aliphatic heterocycles. The van der Waals surface area contributed by atoms with Gasteiger partial charge in [-0.1, -0.05) is 0 Å². The number of hydrogen-bond acceptors (Lipinski definition) is 5. The Balaban J connectivity index is 1.70. The van der Waals surface area contributed by atoms with Crippen molar-refractivity contribution >= 4 is 5.97 Å². The lowest BCUT2D eigenvalue weighted by molar-refractivity contribution is -0.151. The molecule has 0 unspecified atom stereocenters. The highest BCUT2D eigenvalue weighted by Crippen LogP contribution is 2.43. The van der Waals surface area contributed by atoms with Gasteiger partial charge in [0.1, 0.15) is 24.4 Å². The molecule has 0 aromatic carbocycles. The summed E-state index contributed by atoms with van der Waals surface area (Å²) in [4.78, 5) is 11.3. The molecule has 3 saturated heterocycles. The van der Waals surface area contributed by atoms with Crippen molar-refractivity contribution in [3.8, 4) is 0 Å². The van der Waals surface area contributed by atoms with E-state index in [1.165, 1.54) is 0 Å². The second-order valence-corrected chi connectivity index (χ2v) is 4.51. The van der Waals surface area contributed by atoms with E-state index in [-0.39, 0.29) is 42.9 Å². The highest BCUT2D eigenvalue weighted by atomic mass is 16.7. The van der Waals surface area contributed by atoms with Crippen molar-refractivity contribution in [3.63, 3.8) is 0 Å². The molecule has 3 aliphatic rings. The van der Waals surface area contributed by atoms with Crippen LogP contribution in [-0.4, -0.2) is 47.7 Å². The van der Waals surface area contributed by atoms with E-state index in [1.807, 2.05) is 6.92 Å². The number of carbonyl (C=O) groups is 1. The Kier molecular flexibility index (Phi) is 2.02. The van der Waals surface area contributed by atoms with Crippen molar-refractivity contribution < 1.29 is 24.1 Å². The summed E-state index contributed by atoms with van der Waals surface area (Å²) in [6, 6.07) is 0. The van der Waals surface area contributed by atoms with Gasteiger partial charge in [-0.2, -0.15) is 0 Å². The van der Waals surface area contributed by atoms with Crippen molar-refractivity contribution in [2.24, 2.45) is 0 Å². The van der Waals surface area contributed by atoms with Crippen LogP contribution in [0.4, 0.5) is 0 Å². The van der Waals surface area contributed by atoms with Crippen LogP contribution in [0.2, 0.25) is 0 Å². The predicted molar refractivity (Wildman–Crippen MR) is 48.1 cm³/mol. The lowest BCUT2D eigenvalue weighted by Gasteiger charge is -2.14. The highest BCUT2D eigenvalue weighted by Gasteiger charge is 2.60. The fourth-order valence-electron chi connectivity index (χ4n) is 2.28. The fraction of sp³-hybridized carbons (Fsp3) is 0.900. The summed E-state index contributed by atoms with van der Waals surface area (Å²) in [5.74, 6) is -0.358. The standard InChI is InChI=1S/C10H14O5/c1-4-2-6-9(14-6)10-8(15-10)5(11)3-7(12)13-4/h4-6,8-11H,2-3H2,1H3/t4-,5+,6+,8+,9+,10-/m1/s1. The van der Waals surface area contributed by atoms with Gasteiger partial charge in [-0.15, -0.1) is 0 Å². The van der Waals surface area contributed by atoms with Crippen LogP contribution in [0.1, 0.15) is 19.8 Å². The van der Waals surface area contributed by atoms with Crippen molar-refractivity contribution in [1.29, 1.82) is 0 Å². The molecule has 0 aliphatic carbocycles. The van der Waals surface area contributed by atoms with Crippen LogP contribution in [0.5, 0.6) is 0 Å². The SMILES string of the molecule is C[C@@H]1C[C@@H]2O[C@@H]2[C@@H]2O[C@H]2[C@@H](O)CC(=O)O1. The zero-order valence-electron chi connectivity index (χ0n) is 8.46. The molecule has 0 radical (unpaired) electrons. The summed E-state index contributed by atoms with van der Waals surface area (Å²) in [6.45, 7) is 1.84. The molecule has 3 fully saturated rings. The maximum atomic E-state index is 11.3. The second kappa shape index (κ2) is 3.17. The number of epoxide rings is 2. The molecular formula is C10H14O5. The Labute approximate surface area is 87.3 Å². The van der Waals surface area contributed by atoms with Gasteiger partial charge < -0.3 is 19.3 Å². The molecule has 0 bridgehead atoms. The fourth-order valence-corrected chi connectivity index (χ4v) is 2.28. The van der Waals surface area contributed by atoms with Crippen LogP contribution < -0.4 is 0 Å². The maximum absolute atomic E-state index is 11.3. The topological polar surface area (TPSA) is 71.6 Å². The Morgan fingerprint density at radius 2 is 2.07 bits per heavy atom. The summed E-state index contributed by atoms with van der Waals surface area (Å²) in [5.41, 5.74) is 0. The first-order valence-corrected chi connectivity index (χ1v) is 5.33. The third-order valence-corrected chi connectivity index (χ3v) is 3.16. The van der Waals surface area contributed by atoms with Gasteiger partial charge >= 0.3 is 5.97 Å². The monoisotopic (exact) mass is 214 g/mol. The molecule has 84 valence electrons. The normalized spacial score (nSPS) is 53.6. The first-order chi connectivity index (χ1) is 7.15. The Hall–Kier alpha value is -0.650. The van der Waals surface area contributed by atoms with Gasteiger partial charge in [0.05, 0.1) is 18.6 Å². The zero-order chi connectivity index (χ0) is 10.6. The zero-order valence-corrected chi connectivity index (χ0v) is 8.46. The summed E-state index contributed by atoms with van der Waals surface area (Å²) >= 11 is 0. The van der Waals surface area contributed by atoms with E-state index in [2.05, 4.69) is 0 Å². The number of ether oxygens (including phenoxy) is 3. The van der Waals surface area contributed by atoms with E-state index < -0.39 is 6.10 Å². The van der Waals surface area contributed by atoms with Crippen LogP contribution in [0.15, 0.2) is 0 Å². The minimum Gasteiger partial charge on any atom is -0.462 e. The van der Waals surface area contributed by atoms with Crippen molar-refractivity contribution in [2.75, 3.05) is 0 Å². The maximum Gasteiger partial charge on any atom is 0.308 e. The van der Waals surface area contributed by atoms with Crippen LogP contribution >= 0.6 is 0 Å². The van der Waals surface area contributed by atoms with E-state index in [1.54, 1.807) is 0 Å². The molecule has 1 N–H and O–H groups in total. The van der Waals surface area contributed by atoms with Gasteiger partial charge in [0.2, 0.25) is 0 Å². The van der Waals surface area contributed by atoms with Gasteiger partial charge in [-0.05, 0) is 6.92 Å². The molecule has 3 rings (SSSR count). The average Bonchev–Trinajstić information content (AvgIpc) is 2.92. The largest absolute Gasteiger partial charge is 0.462 e. The minimum absolute atomic E-state index is 0.0110. The van der Waals surface area contributed by atoms with Gasteiger partial charge in [0.15, 0.2) is 0 Å². The number of aliphatic hydroxyl groups excluding tert-OH is 1. The molecule has 5 nitrogen and oxygen atoms in total. The minimum atomic E-state index is -0.752. The van der Waals surface area contributed by atoms with E-state index in [0.29, 0.717) is 0 Å².